The van der Waals surface area contributed by atoms with E-state index in [4.69, 9.17) is 4.99 Å². The van der Waals surface area contributed by atoms with E-state index in [1.165, 1.54) is 11.1 Å². The molecule has 2 aromatic rings. The summed E-state index contributed by atoms with van der Waals surface area (Å²) in [6.07, 6.45) is 9.25. The Morgan fingerprint density at radius 3 is 3.00 bits per heavy atom. The van der Waals surface area contributed by atoms with Crippen LogP contribution in [-0.4, -0.2) is 57.0 Å². The molecule has 0 bridgehead atoms. The normalized spacial score (nSPS) is 18.1. The van der Waals surface area contributed by atoms with Crippen LogP contribution in [0.5, 0.6) is 0 Å². The van der Waals surface area contributed by atoms with Gasteiger partial charge in [-0.25, -0.2) is 0 Å². The standard InChI is InChI=1S/C18H29N7/c1-4-19-18(20-8-5-6-15-10-21-23-14(15)2)25-9-7-16(13-25)17-11-22-24(3)12-17/h10-12,16H,4-9,13H2,1-3H3,(H,19,20)(H,21,23). The van der Waals surface area contributed by atoms with Crippen molar-refractivity contribution in [2.24, 2.45) is 12.0 Å². The molecule has 1 aliphatic rings. The van der Waals surface area contributed by atoms with Crippen LogP contribution in [-0.2, 0) is 13.5 Å². The molecule has 0 aromatic carbocycles. The molecule has 1 unspecified atom stereocenters. The highest BCUT2D eigenvalue weighted by Crippen LogP contribution is 2.26. The van der Waals surface area contributed by atoms with Crippen molar-refractivity contribution in [3.8, 4) is 0 Å². The number of rotatable bonds is 6. The third-order valence-electron chi connectivity index (χ3n) is 4.82. The number of aromatic nitrogens is 4. The van der Waals surface area contributed by atoms with Crippen LogP contribution in [0.2, 0.25) is 0 Å². The quantitative estimate of drug-likeness (QED) is 0.477. The van der Waals surface area contributed by atoms with Gasteiger partial charge < -0.3 is 10.2 Å². The van der Waals surface area contributed by atoms with Crippen LogP contribution >= 0.6 is 0 Å². The first kappa shape index (κ1) is 17.5. The van der Waals surface area contributed by atoms with E-state index in [-0.39, 0.29) is 0 Å². The van der Waals surface area contributed by atoms with Crippen LogP contribution in [0.4, 0.5) is 0 Å². The third-order valence-corrected chi connectivity index (χ3v) is 4.82. The predicted molar refractivity (Wildman–Crippen MR) is 99.8 cm³/mol. The van der Waals surface area contributed by atoms with Gasteiger partial charge in [0.25, 0.3) is 0 Å². The van der Waals surface area contributed by atoms with Gasteiger partial charge in [-0.3, -0.25) is 14.8 Å². The summed E-state index contributed by atoms with van der Waals surface area (Å²) in [5.41, 5.74) is 3.78. The second-order valence-electron chi connectivity index (χ2n) is 6.74. The Hall–Kier alpha value is -2.31. The molecule has 3 heterocycles. The number of aryl methyl sites for hydroxylation is 3. The molecule has 1 atom stereocenters. The van der Waals surface area contributed by atoms with Gasteiger partial charge in [0.15, 0.2) is 5.96 Å². The van der Waals surface area contributed by atoms with Gasteiger partial charge in [-0.2, -0.15) is 10.2 Å². The third kappa shape index (κ3) is 4.41. The van der Waals surface area contributed by atoms with Gasteiger partial charge in [-0.05, 0) is 44.2 Å². The van der Waals surface area contributed by atoms with Crippen LogP contribution in [0.1, 0.15) is 42.5 Å². The Bertz CT molecular complexity index is 700. The largest absolute Gasteiger partial charge is 0.357 e. The molecule has 0 saturated carbocycles. The highest BCUT2D eigenvalue weighted by molar-refractivity contribution is 5.80. The van der Waals surface area contributed by atoms with Crippen molar-refractivity contribution in [3.63, 3.8) is 0 Å². The fraction of sp³-hybridized carbons (Fsp3) is 0.611. The number of hydrogen-bond acceptors (Lipinski definition) is 3. The first-order chi connectivity index (χ1) is 12.2. The van der Waals surface area contributed by atoms with Gasteiger partial charge in [0, 0.05) is 51.0 Å². The molecule has 0 aliphatic carbocycles. The molecule has 0 radical (unpaired) electrons. The molecule has 1 saturated heterocycles. The van der Waals surface area contributed by atoms with E-state index in [0.29, 0.717) is 5.92 Å². The molecule has 3 rings (SSSR count). The monoisotopic (exact) mass is 343 g/mol. The van der Waals surface area contributed by atoms with Crippen LogP contribution in [0, 0.1) is 6.92 Å². The number of nitrogens with zero attached hydrogens (tertiary/aromatic N) is 5. The van der Waals surface area contributed by atoms with Crippen molar-refractivity contribution >= 4 is 5.96 Å². The van der Waals surface area contributed by atoms with Gasteiger partial charge in [-0.15, -0.1) is 0 Å². The van der Waals surface area contributed by atoms with E-state index in [9.17, 15) is 0 Å². The number of guanidine groups is 1. The van der Waals surface area contributed by atoms with Gasteiger partial charge in [0.05, 0.1) is 12.4 Å². The zero-order chi connectivity index (χ0) is 17.6. The van der Waals surface area contributed by atoms with Gasteiger partial charge in [0.1, 0.15) is 0 Å². The molecule has 7 nitrogen and oxygen atoms in total. The maximum absolute atomic E-state index is 4.84. The molecular weight excluding hydrogens is 314 g/mol. The summed E-state index contributed by atoms with van der Waals surface area (Å²) in [4.78, 5) is 7.22. The first-order valence-corrected chi connectivity index (χ1v) is 9.18. The smallest absolute Gasteiger partial charge is 0.193 e. The SMILES string of the molecule is CCNC(=NCCCc1cn[nH]c1C)N1CCC(c2cnn(C)c2)C1. The summed E-state index contributed by atoms with van der Waals surface area (Å²) in [5, 5.41) is 14.8. The molecule has 25 heavy (non-hydrogen) atoms. The Labute approximate surface area is 149 Å². The Kier molecular flexibility index (Phi) is 5.73. The average Bonchev–Trinajstić information content (AvgIpc) is 3.32. The van der Waals surface area contributed by atoms with Crippen LogP contribution in [0.15, 0.2) is 23.6 Å². The number of likely N-dealkylation sites (tertiary alicyclic amines) is 1. The molecule has 2 aromatic heterocycles. The maximum atomic E-state index is 4.84. The minimum Gasteiger partial charge on any atom is -0.357 e. The van der Waals surface area contributed by atoms with E-state index in [2.05, 4.69) is 45.6 Å². The molecular formula is C18H29N7. The summed E-state index contributed by atoms with van der Waals surface area (Å²) in [7, 11) is 1.98. The minimum atomic E-state index is 0.547. The van der Waals surface area contributed by atoms with E-state index in [1.54, 1.807) is 0 Å². The molecule has 136 valence electrons. The average molecular weight is 343 g/mol. The van der Waals surface area contributed by atoms with E-state index in [1.807, 2.05) is 24.1 Å². The Morgan fingerprint density at radius 1 is 1.44 bits per heavy atom. The number of H-pyrrole nitrogens is 1. The summed E-state index contributed by atoms with van der Waals surface area (Å²) in [6.45, 7) is 7.98. The topological polar surface area (TPSA) is 74.1 Å². The lowest BCUT2D eigenvalue weighted by atomic mass is 10.0. The second-order valence-corrected chi connectivity index (χ2v) is 6.74. The molecule has 0 spiro atoms. The van der Waals surface area contributed by atoms with Crippen molar-refractivity contribution in [2.45, 2.75) is 39.0 Å². The zero-order valence-electron chi connectivity index (χ0n) is 15.5. The highest BCUT2D eigenvalue weighted by Gasteiger charge is 2.26. The second kappa shape index (κ2) is 8.18. The number of aliphatic imine (C=N–C) groups is 1. The Balaban J connectivity index is 1.54. The molecule has 1 aliphatic heterocycles. The lowest BCUT2D eigenvalue weighted by Gasteiger charge is -2.21. The van der Waals surface area contributed by atoms with E-state index in [0.717, 1.165) is 57.1 Å². The van der Waals surface area contributed by atoms with Crippen molar-refractivity contribution < 1.29 is 0 Å². The van der Waals surface area contributed by atoms with Gasteiger partial charge in [0.2, 0.25) is 0 Å². The zero-order valence-corrected chi connectivity index (χ0v) is 15.5. The first-order valence-electron chi connectivity index (χ1n) is 9.18. The van der Waals surface area contributed by atoms with E-state index < -0.39 is 0 Å². The lowest BCUT2D eigenvalue weighted by molar-refractivity contribution is 0.485. The molecule has 7 heteroatoms. The van der Waals surface area contributed by atoms with Crippen LogP contribution in [0.3, 0.4) is 0 Å². The van der Waals surface area contributed by atoms with Crippen molar-refractivity contribution in [3.05, 3.63) is 35.4 Å². The summed E-state index contributed by atoms with van der Waals surface area (Å²) in [5.74, 6) is 1.59. The van der Waals surface area contributed by atoms with Crippen molar-refractivity contribution in [2.75, 3.05) is 26.2 Å². The number of aromatic amines is 1. The summed E-state index contributed by atoms with van der Waals surface area (Å²) < 4.78 is 1.88. The predicted octanol–water partition coefficient (Wildman–Crippen LogP) is 1.84. The van der Waals surface area contributed by atoms with Crippen LogP contribution in [0.25, 0.3) is 0 Å². The minimum absolute atomic E-state index is 0.547. The fourth-order valence-electron chi connectivity index (χ4n) is 3.38. The summed E-state index contributed by atoms with van der Waals surface area (Å²) in [6, 6.07) is 0. The van der Waals surface area contributed by atoms with Crippen LogP contribution < -0.4 is 5.32 Å². The lowest BCUT2D eigenvalue weighted by Crippen LogP contribution is -2.40. The molecule has 0 amide bonds. The number of nitrogens with one attached hydrogen (secondary N) is 2. The fourth-order valence-corrected chi connectivity index (χ4v) is 3.38. The van der Waals surface area contributed by atoms with Gasteiger partial charge in [-0.1, -0.05) is 0 Å². The summed E-state index contributed by atoms with van der Waals surface area (Å²) >= 11 is 0. The Morgan fingerprint density at radius 2 is 2.32 bits per heavy atom. The van der Waals surface area contributed by atoms with Crippen molar-refractivity contribution in [1.29, 1.82) is 0 Å². The van der Waals surface area contributed by atoms with Gasteiger partial charge >= 0.3 is 0 Å². The maximum Gasteiger partial charge on any atom is 0.193 e. The number of hydrogen-bond donors (Lipinski definition) is 2. The van der Waals surface area contributed by atoms with E-state index >= 15 is 0 Å². The highest BCUT2D eigenvalue weighted by atomic mass is 15.3. The molecule has 2 N–H and O–H groups in total. The van der Waals surface area contributed by atoms with Crippen molar-refractivity contribution in [1.82, 2.24) is 30.2 Å². The molecule has 1 fully saturated rings.